The number of piperidine rings is 1. The monoisotopic (exact) mass is 211 g/mol. The first-order chi connectivity index (χ1) is 7.27. The Hall–Kier alpha value is -0.120. The fraction of sp³-hybridized carbons (Fsp3) is 1.00. The largest absolute Gasteiger partial charge is 0.317 e. The third-order valence-corrected chi connectivity index (χ3v) is 4.10. The van der Waals surface area contributed by atoms with E-state index in [0.29, 0.717) is 0 Å². The van der Waals surface area contributed by atoms with Crippen molar-refractivity contribution in [1.82, 2.24) is 15.1 Å². The minimum absolute atomic E-state index is 0.810. The second-order valence-electron chi connectivity index (χ2n) is 5.20. The number of nitrogens with zero attached hydrogens (tertiary/aromatic N) is 2. The molecule has 0 aromatic heterocycles. The zero-order valence-electron chi connectivity index (χ0n) is 10.2. The Morgan fingerprint density at radius 3 is 2.60 bits per heavy atom. The van der Waals surface area contributed by atoms with Crippen molar-refractivity contribution >= 4 is 0 Å². The first-order valence-corrected chi connectivity index (χ1v) is 6.38. The van der Waals surface area contributed by atoms with E-state index >= 15 is 0 Å². The highest BCUT2D eigenvalue weighted by atomic mass is 15.2. The van der Waals surface area contributed by atoms with Crippen LogP contribution in [0.15, 0.2) is 0 Å². The van der Waals surface area contributed by atoms with Gasteiger partial charge in [0, 0.05) is 18.6 Å². The third-order valence-electron chi connectivity index (χ3n) is 4.10. The standard InChI is InChI=1S/C12H25N3/c1-14-9-3-4-12(14)10-15(2)11-5-7-13-8-6-11/h11-13H,3-10H2,1-2H3. The first kappa shape index (κ1) is 11.4. The van der Waals surface area contributed by atoms with E-state index < -0.39 is 0 Å². The molecule has 2 rings (SSSR count). The Morgan fingerprint density at radius 2 is 2.00 bits per heavy atom. The lowest BCUT2D eigenvalue weighted by atomic mass is 10.0. The SMILES string of the molecule is CN1CCCC1CN(C)C1CCNCC1. The van der Waals surface area contributed by atoms with Crippen LogP contribution >= 0.6 is 0 Å². The highest BCUT2D eigenvalue weighted by Crippen LogP contribution is 2.18. The van der Waals surface area contributed by atoms with Crippen molar-refractivity contribution in [1.29, 1.82) is 0 Å². The Balaban J connectivity index is 1.77. The fourth-order valence-electron chi connectivity index (χ4n) is 2.94. The molecular formula is C12H25N3. The summed E-state index contributed by atoms with van der Waals surface area (Å²) in [6.07, 6.45) is 5.44. The molecule has 1 N–H and O–H groups in total. The summed E-state index contributed by atoms with van der Waals surface area (Å²) in [5, 5.41) is 3.43. The maximum Gasteiger partial charge on any atom is 0.0220 e. The van der Waals surface area contributed by atoms with Crippen molar-refractivity contribution in [2.24, 2.45) is 0 Å². The number of nitrogens with one attached hydrogen (secondary N) is 1. The average molecular weight is 211 g/mol. The second-order valence-corrected chi connectivity index (χ2v) is 5.20. The van der Waals surface area contributed by atoms with E-state index in [-0.39, 0.29) is 0 Å². The van der Waals surface area contributed by atoms with Crippen LogP contribution in [-0.2, 0) is 0 Å². The lowest BCUT2D eigenvalue weighted by Crippen LogP contribution is -2.45. The molecular weight excluding hydrogens is 186 g/mol. The van der Waals surface area contributed by atoms with Crippen molar-refractivity contribution in [3.8, 4) is 0 Å². The van der Waals surface area contributed by atoms with E-state index in [9.17, 15) is 0 Å². The lowest BCUT2D eigenvalue weighted by Gasteiger charge is -2.34. The number of likely N-dealkylation sites (tertiary alicyclic amines) is 1. The molecule has 0 radical (unpaired) electrons. The molecule has 2 aliphatic rings. The average Bonchev–Trinajstić information content (AvgIpc) is 2.66. The highest BCUT2D eigenvalue weighted by molar-refractivity contribution is 4.83. The fourth-order valence-corrected chi connectivity index (χ4v) is 2.94. The summed E-state index contributed by atoms with van der Waals surface area (Å²) < 4.78 is 0. The van der Waals surface area contributed by atoms with E-state index in [1.807, 2.05) is 0 Å². The number of hydrogen-bond donors (Lipinski definition) is 1. The van der Waals surface area contributed by atoms with E-state index in [1.165, 1.54) is 51.9 Å². The molecule has 0 aromatic rings. The molecule has 2 aliphatic heterocycles. The van der Waals surface area contributed by atoms with Crippen LogP contribution in [0.25, 0.3) is 0 Å². The summed E-state index contributed by atoms with van der Waals surface area (Å²) in [6.45, 7) is 4.97. The molecule has 1 unspecified atom stereocenters. The van der Waals surface area contributed by atoms with E-state index in [0.717, 1.165) is 12.1 Å². The summed E-state index contributed by atoms with van der Waals surface area (Å²) in [7, 11) is 4.58. The van der Waals surface area contributed by atoms with E-state index in [4.69, 9.17) is 0 Å². The van der Waals surface area contributed by atoms with Crippen molar-refractivity contribution in [3.05, 3.63) is 0 Å². The second kappa shape index (κ2) is 5.28. The van der Waals surface area contributed by atoms with Gasteiger partial charge in [0.1, 0.15) is 0 Å². The van der Waals surface area contributed by atoms with E-state index in [2.05, 4.69) is 29.2 Å². The molecule has 0 amide bonds. The smallest absolute Gasteiger partial charge is 0.0220 e. The van der Waals surface area contributed by atoms with Crippen molar-refractivity contribution < 1.29 is 0 Å². The van der Waals surface area contributed by atoms with E-state index in [1.54, 1.807) is 0 Å². The highest BCUT2D eigenvalue weighted by Gasteiger charge is 2.25. The van der Waals surface area contributed by atoms with Gasteiger partial charge < -0.3 is 15.1 Å². The Kier molecular flexibility index (Phi) is 4.00. The first-order valence-electron chi connectivity index (χ1n) is 6.38. The van der Waals surface area contributed by atoms with Gasteiger partial charge in [0.05, 0.1) is 0 Å². The predicted octanol–water partition coefficient (Wildman–Crippen LogP) is 0.764. The van der Waals surface area contributed by atoms with Crippen LogP contribution in [0.2, 0.25) is 0 Å². The molecule has 2 heterocycles. The van der Waals surface area contributed by atoms with Gasteiger partial charge in [-0.3, -0.25) is 0 Å². The third kappa shape index (κ3) is 2.92. The molecule has 2 saturated heterocycles. The molecule has 0 bridgehead atoms. The Bertz CT molecular complexity index is 189. The van der Waals surface area contributed by atoms with Crippen LogP contribution in [-0.4, -0.2) is 62.2 Å². The summed E-state index contributed by atoms with van der Waals surface area (Å²) in [5.74, 6) is 0. The zero-order chi connectivity index (χ0) is 10.7. The molecule has 88 valence electrons. The summed E-state index contributed by atoms with van der Waals surface area (Å²) >= 11 is 0. The number of hydrogen-bond acceptors (Lipinski definition) is 3. The molecule has 0 spiro atoms. The lowest BCUT2D eigenvalue weighted by molar-refractivity contribution is 0.153. The van der Waals surface area contributed by atoms with Crippen molar-refractivity contribution in [3.63, 3.8) is 0 Å². The summed E-state index contributed by atoms with van der Waals surface area (Å²) in [6, 6.07) is 1.63. The molecule has 3 heteroatoms. The minimum atomic E-state index is 0.810. The normalized spacial score (nSPS) is 30.2. The molecule has 3 nitrogen and oxygen atoms in total. The van der Waals surface area contributed by atoms with Gasteiger partial charge in [-0.15, -0.1) is 0 Å². The maximum atomic E-state index is 3.43. The molecule has 1 atom stereocenters. The van der Waals surface area contributed by atoms with Gasteiger partial charge in [0.15, 0.2) is 0 Å². The summed E-state index contributed by atoms with van der Waals surface area (Å²) in [5.41, 5.74) is 0. The van der Waals surface area contributed by atoms with Gasteiger partial charge in [-0.25, -0.2) is 0 Å². The maximum absolute atomic E-state index is 3.43. The summed E-state index contributed by atoms with van der Waals surface area (Å²) in [4.78, 5) is 5.12. The molecule has 0 aromatic carbocycles. The van der Waals surface area contributed by atoms with Gasteiger partial charge in [0.2, 0.25) is 0 Å². The topological polar surface area (TPSA) is 18.5 Å². The molecule has 2 fully saturated rings. The van der Waals surface area contributed by atoms with Crippen LogP contribution in [0.1, 0.15) is 25.7 Å². The van der Waals surface area contributed by atoms with Gasteiger partial charge >= 0.3 is 0 Å². The van der Waals surface area contributed by atoms with Crippen LogP contribution in [0, 0.1) is 0 Å². The molecule has 0 aliphatic carbocycles. The quantitative estimate of drug-likeness (QED) is 0.744. The minimum Gasteiger partial charge on any atom is -0.317 e. The number of likely N-dealkylation sites (N-methyl/N-ethyl adjacent to an activating group) is 2. The van der Waals surface area contributed by atoms with Gasteiger partial charge in [-0.1, -0.05) is 0 Å². The van der Waals surface area contributed by atoms with Crippen LogP contribution < -0.4 is 5.32 Å². The van der Waals surface area contributed by atoms with Gasteiger partial charge in [0.25, 0.3) is 0 Å². The van der Waals surface area contributed by atoms with Crippen LogP contribution in [0.3, 0.4) is 0 Å². The van der Waals surface area contributed by atoms with Gasteiger partial charge in [-0.2, -0.15) is 0 Å². The van der Waals surface area contributed by atoms with Crippen molar-refractivity contribution in [2.75, 3.05) is 40.3 Å². The van der Waals surface area contributed by atoms with Gasteiger partial charge in [-0.05, 0) is 59.4 Å². The van der Waals surface area contributed by atoms with Crippen LogP contribution in [0.5, 0.6) is 0 Å². The molecule has 0 saturated carbocycles. The Labute approximate surface area is 93.8 Å². The number of rotatable bonds is 3. The van der Waals surface area contributed by atoms with Crippen molar-refractivity contribution in [2.45, 2.75) is 37.8 Å². The van der Waals surface area contributed by atoms with Crippen LogP contribution in [0.4, 0.5) is 0 Å². The molecule has 15 heavy (non-hydrogen) atoms. The zero-order valence-corrected chi connectivity index (χ0v) is 10.2. The predicted molar refractivity (Wildman–Crippen MR) is 64.2 cm³/mol. The Morgan fingerprint density at radius 1 is 1.27 bits per heavy atom.